The van der Waals surface area contributed by atoms with Gasteiger partial charge in [0.25, 0.3) is 0 Å². The van der Waals surface area contributed by atoms with E-state index in [-0.39, 0.29) is 24.5 Å². The molecule has 0 saturated heterocycles. The predicted molar refractivity (Wildman–Crippen MR) is 120 cm³/mol. The highest BCUT2D eigenvalue weighted by Crippen LogP contribution is 2.43. The van der Waals surface area contributed by atoms with Crippen molar-refractivity contribution in [3.05, 3.63) is 63.7 Å². The molecular weight excluding hydrogens is 506 g/mol. The third kappa shape index (κ3) is 5.62. The summed E-state index contributed by atoms with van der Waals surface area (Å²) < 4.78 is 83.4. The summed E-state index contributed by atoms with van der Waals surface area (Å²) >= 11 is 0. The number of carbonyl (C=O) groups is 2. The lowest BCUT2D eigenvalue weighted by molar-refractivity contribution is -0.143. The van der Waals surface area contributed by atoms with E-state index in [1.54, 1.807) is 13.0 Å². The highest BCUT2D eigenvalue weighted by atomic mass is 19.4. The van der Waals surface area contributed by atoms with E-state index in [1.165, 1.54) is 4.90 Å². The highest BCUT2D eigenvalue weighted by molar-refractivity contribution is 5.91. The summed E-state index contributed by atoms with van der Waals surface area (Å²) in [5.41, 5.74) is -0.00759. The van der Waals surface area contributed by atoms with E-state index in [0.717, 1.165) is 24.0 Å². The van der Waals surface area contributed by atoms with Crippen molar-refractivity contribution in [2.45, 2.75) is 63.5 Å². The monoisotopic (exact) mass is 530 g/mol. The Kier molecular flexibility index (Phi) is 7.04. The minimum Gasteiger partial charge on any atom is -0.465 e. The number of rotatable bonds is 4. The van der Waals surface area contributed by atoms with Gasteiger partial charge in [0.1, 0.15) is 0 Å². The maximum Gasteiger partial charge on any atom is 0.416 e. The number of amides is 2. The largest absolute Gasteiger partial charge is 0.465 e. The Morgan fingerprint density at radius 3 is 2.30 bits per heavy atom. The number of carboxylic acid groups (broad SMARTS) is 1. The average Bonchev–Trinajstić information content (AvgIpc) is 3.26. The van der Waals surface area contributed by atoms with E-state index in [0.29, 0.717) is 29.8 Å². The fourth-order valence-electron chi connectivity index (χ4n) is 5.05. The van der Waals surface area contributed by atoms with Crippen molar-refractivity contribution < 1.29 is 45.8 Å². The topological polar surface area (TPSA) is 78.9 Å². The Morgan fingerprint density at radius 1 is 1.05 bits per heavy atom. The molecule has 2 aliphatic rings. The first-order valence-electron chi connectivity index (χ1n) is 11.6. The molecule has 0 spiro atoms. The summed E-state index contributed by atoms with van der Waals surface area (Å²) in [6, 6.07) is 3.87. The Morgan fingerprint density at radius 2 is 1.70 bits per heavy atom. The van der Waals surface area contributed by atoms with Crippen LogP contribution in [0.3, 0.4) is 0 Å². The molecule has 2 unspecified atom stereocenters. The van der Waals surface area contributed by atoms with Gasteiger partial charge >= 0.3 is 24.5 Å². The molecule has 2 atom stereocenters. The molecule has 37 heavy (non-hydrogen) atoms. The van der Waals surface area contributed by atoms with Gasteiger partial charge in [-0.15, -0.1) is 0 Å². The number of halogens is 6. The number of nitrogens with one attached hydrogen (secondary N) is 1. The maximum absolute atomic E-state index is 13.1. The summed E-state index contributed by atoms with van der Waals surface area (Å²) in [5, 5.41) is 12.5. The molecule has 200 valence electrons. The van der Waals surface area contributed by atoms with Crippen molar-refractivity contribution in [2.24, 2.45) is 0 Å². The number of aryl methyl sites for hydroxylation is 1. The van der Waals surface area contributed by atoms with E-state index in [2.05, 4.69) is 5.32 Å². The number of alkyl halides is 6. The van der Waals surface area contributed by atoms with Gasteiger partial charge in [0.05, 0.1) is 29.5 Å². The Labute approximate surface area is 208 Å². The van der Waals surface area contributed by atoms with Crippen LogP contribution in [0.1, 0.15) is 59.2 Å². The third-order valence-electron chi connectivity index (χ3n) is 6.69. The van der Waals surface area contributed by atoms with Crippen molar-refractivity contribution in [1.29, 1.82) is 0 Å². The minimum atomic E-state index is -4.97. The summed E-state index contributed by atoms with van der Waals surface area (Å²) in [6.07, 6.45) is -9.62. The fraction of sp³-hybridized carbons (Fsp3) is 0.440. The van der Waals surface area contributed by atoms with Crippen LogP contribution in [0.25, 0.3) is 0 Å². The molecule has 2 aromatic carbocycles. The van der Waals surface area contributed by atoms with E-state index in [1.807, 2.05) is 6.07 Å². The predicted octanol–water partition coefficient (Wildman–Crippen LogP) is 6.50. The van der Waals surface area contributed by atoms with Gasteiger partial charge in [0.2, 0.25) is 0 Å². The maximum atomic E-state index is 13.1. The summed E-state index contributed by atoms with van der Waals surface area (Å²) in [6.45, 7) is 1.27. The van der Waals surface area contributed by atoms with Crippen LogP contribution in [0.2, 0.25) is 0 Å². The molecule has 6 nitrogen and oxygen atoms in total. The number of benzene rings is 2. The number of hydrogen-bond donors (Lipinski definition) is 2. The summed E-state index contributed by atoms with van der Waals surface area (Å²) in [5.74, 6) is 0. The van der Waals surface area contributed by atoms with Crippen molar-refractivity contribution in [2.75, 3.05) is 11.5 Å². The van der Waals surface area contributed by atoms with E-state index < -0.39 is 54.4 Å². The first kappa shape index (κ1) is 26.6. The Bertz CT molecular complexity index is 1180. The van der Waals surface area contributed by atoms with Crippen molar-refractivity contribution in [1.82, 2.24) is 5.32 Å². The molecule has 0 bridgehead atoms. The lowest BCUT2D eigenvalue weighted by atomic mass is 9.88. The second-order valence-electron chi connectivity index (χ2n) is 9.23. The standard InChI is InChI=1S/C25H24F6N2O4/c1-13-9-20(19-6-5-15-3-2-4-18(15)21(19)33(13)23(35)36)32-22(34)37-8-7-14-10-16(24(26,27)28)12-17(11-14)25(29,30)31/h5-6,10-13,20H,2-4,7-9H2,1H3,(H,32,34)(H,35,36). The first-order valence-corrected chi connectivity index (χ1v) is 11.6. The number of nitrogens with zero attached hydrogens (tertiary/aromatic N) is 1. The van der Waals surface area contributed by atoms with Gasteiger partial charge in [-0.1, -0.05) is 12.1 Å². The zero-order valence-electron chi connectivity index (χ0n) is 19.7. The van der Waals surface area contributed by atoms with Gasteiger partial charge in [0.15, 0.2) is 0 Å². The number of hydrogen-bond acceptors (Lipinski definition) is 3. The molecule has 12 heteroatoms. The zero-order chi connectivity index (χ0) is 27.1. The van der Waals surface area contributed by atoms with Gasteiger partial charge < -0.3 is 15.2 Å². The average molecular weight is 530 g/mol. The van der Waals surface area contributed by atoms with Crippen LogP contribution in [0.4, 0.5) is 41.6 Å². The summed E-state index contributed by atoms with van der Waals surface area (Å²) in [7, 11) is 0. The number of anilines is 1. The van der Waals surface area contributed by atoms with Crippen LogP contribution >= 0.6 is 0 Å². The number of fused-ring (bicyclic) bond motifs is 3. The Hall–Kier alpha value is -3.44. The molecule has 2 N–H and O–H groups in total. The van der Waals surface area contributed by atoms with Crippen LogP contribution < -0.4 is 10.2 Å². The molecule has 0 aromatic heterocycles. The van der Waals surface area contributed by atoms with Crippen LogP contribution in [0.5, 0.6) is 0 Å². The smallest absolute Gasteiger partial charge is 0.416 e. The third-order valence-corrected chi connectivity index (χ3v) is 6.69. The van der Waals surface area contributed by atoms with Gasteiger partial charge in [-0.05, 0) is 73.1 Å². The number of ether oxygens (including phenoxy) is 1. The van der Waals surface area contributed by atoms with E-state index in [9.17, 15) is 41.0 Å². The SMILES string of the molecule is CC1CC(NC(=O)OCCc2cc(C(F)(F)F)cc(C(F)(F)F)c2)c2ccc3c(c2N1C(=O)O)CCC3. The molecule has 1 aliphatic carbocycles. The lowest BCUT2D eigenvalue weighted by Gasteiger charge is -2.39. The fourth-order valence-corrected chi connectivity index (χ4v) is 5.05. The second kappa shape index (κ2) is 9.79. The van der Waals surface area contributed by atoms with Crippen molar-refractivity contribution in [3.63, 3.8) is 0 Å². The molecule has 4 rings (SSSR count). The normalized spacial score (nSPS) is 19.3. The molecule has 0 fully saturated rings. The molecule has 0 radical (unpaired) electrons. The van der Waals surface area contributed by atoms with Crippen molar-refractivity contribution >= 4 is 17.9 Å². The second-order valence-corrected chi connectivity index (χ2v) is 9.23. The number of carbonyl (C=O) groups excluding carboxylic acids is 1. The summed E-state index contributed by atoms with van der Waals surface area (Å²) in [4.78, 5) is 25.8. The first-order chi connectivity index (χ1) is 17.3. The van der Waals surface area contributed by atoms with E-state index >= 15 is 0 Å². The molecule has 0 saturated carbocycles. The molecule has 2 aromatic rings. The van der Waals surface area contributed by atoms with E-state index in [4.69, 9.17) is 4.74 Å². The molecular formula is C25H24F6N2O4. The highest BCUT2D eigenvalue weighted by Gasteiger charge is 2.38. The lowest BCUT2D eigenvalue weighted by Crippen LogP contribution is -2.46. The van der Waals surface area contributed by atoms with Crippen LogP contribution in [0, 0.1) is 0 Å². The van der Waals surface area contributed by atoms with Crippen LogP contribution in [0.15, 0.2) is 30.3 Å². The molecule has 1 heterocycles. The molecule has 2 amide bonds. The van der Waals surface area contributed by atoms with Gasteiger partial charge in [-0.2, -0.15) is 26.3 Å². The van der Waals surface area contributed by atoms with Gasteiger partial charge in [-0.3, -0.25) is 4.90 Å². The zero-order valence-corrected chi connectivity index (χ0v) is 19.7. The van der Waals surface area contributed by atoms with Crippen LogP contribution in [-0.2, 0) is 36.4 Å². The van der Waals surface area contributed by atoms with Crippen LogP contribution in [-0.4, -0.2) is 29.9 Å². The van der Waals surface area contributed by atoms with Gasteiger partial charge in [0, 0.05) is 12.5 Å². The van der Waals surface area contributed by atoms with Crippen molar-refractivity contribution in [3.8, 4) is 0 Å². The molecule has 1 aliphatic heterocycles. The number of alkyl carbamates (subject to hydrolysis) is 1. The van der Waals surface area contributed by atoms with Gasteiger partial charge in [-0.25, -0.2) is 9.59 Å². The quantitative estimate of drug-likeness (QED) is 0.443. The minimum absolute atomic E-state index is 0.0376. The Balaban J connectivity index is 1.47.